The highest BCUT2D eigenvalue weighted by atomic mass is 14.3. The van der Waals surface area contributed by atoms with Gasteiger partial charge in [-0.25, -0.2) is 0 Å². The van der Waals surface area contributed by atoms with Crippen LogP contribution in [-0.2, 0) is 0 Å². The second-order valence-corrected chi connectivity index (χ2v) is 7.00. The van der Waals surface area contributed by atoms with Crippen LogP contribution in [-0.4, -0.2) is 0 Å². The number of allylic oxidation sites excluding steroid dienone is 6. The summed E-state index contributed by atoms with van der Waals surface area (Å²) in [4.78, 5) is 0. The Hall–Kier alpha value is -1.82. The quantitative estimate of drug-likeness (QED) is 0.668. The lowest BCUT2D eigenvalue weighted by molar-refractivity contribution is 0.616. The smallest absolute Gasteiger partial charge is 0.00903 e. The molecule has 0 radical (unpaired) electrons. The van der Waals surface area contributed by atoms with E-state index in [1.807, 2.05) is 0 Å². The minimum Gasteiger partial charge on any atom is -0.0748 e. The van der Waals surface area contributed by atoms with E-state index in [4.69, 9.17) is 0 Å². The van der Waals surface area contributed by atoms with Gasteiger partial charge in [0.15, 0.2) is 0 Å². The zero-order valence-electron chi connectivity index (χ0n) is 12.8. The molecule has 0 fully saturated rings. The molecule has 0 N–H and O–H groups in total. The van der Waals surface area contributed by atoms with Crippen LogP contribution in [0.4, 0.5) is 0 Å². The molecule has 0 atom stereocenters. The van der Waals surface area contributed by atoms with E-state index in [9.17, 15) is 0 Å². The summed E-state index contributed by atoms with van der Waals surface area (Å²) >= 11 is 0. The molecule has 0 heteroatoms. The van der Waals surface area contributed by atoms with Crippen molar-refractivity contribution in [3.8, 4) is 0 Å². The van der Waals surface area contributed by atoms with Crippen LogP contribution in [0.5, 0.6) is 0 Å². The van der Waals surface area contributed by atoms with E-state index in [2.05, 4.69) is 88.4 Å². The maximum Gasteiger partial charge on any atom is 0.00903 e. The lowest BCUT2D eigenvalue weighted by atomic mass is 9.81. The van der Waals surface area contributed by atoms with Crippen molar-refractivity contribution < 1.29 is 0 Å². The van der Waals surface area contributed by atoms with Gasteiger partial charge in [0, 0.05) is 10.8 Å². The van der Waals surface area contributed by atoms with Crippen LogP contribution in [0.1, 0.15) is 27.7 Å². The summed E-state index contributed by atoms with van der Waals surface area (Å²) in [5.74, 6) is 0. The normalized spacial score (nSPS) is 22.0. The van der Waals surface area contributed by atoms with Crippen molar-refractivity contribution in [1.82, 2.24) is 0 Å². The molecule has 0 saturated carbocycles. The Kier molecular flexibility index (Phi) is 2.86. The first-order valence-corrected chi connectivity index (χ1v) is 7.30. The third-order valence-corrected chi connectivity index (χ3v) is 4.20. The molecule has 0 nitrogen and oxygen atoms in total. The van der Waals surface area contributed by atoms with Crippen LogP contribution in [0.3, 0.4) is 0 Å². The monoisotopic (exact) mass is 262 g/mol. The van der Waals surface area contributed by atoms with Crippen LogP contribution in [0.2, 0.25) is 0 Å². The Morgan fingerprint density at radius 3 is 2.20 bits per heavy atom. The Morgan fingerprint density at radius 2 is 1.45 bits per heavy atom. The summed E-state index contributed by atoms with van der Waals surface area (Å²) in [5.41, 5.74) is 2.89. The minimum absolute atomic E-state index is 0.0414. The van der Waals surface area contributed by atoms with Gasteiger partial charge in [0.1, 0.15) is 0 Å². The van der Waals surface area contributed by atoms with Crippen molar-refractivity contribution in [2.45, 2.75) is 27.7 Å². The Balaban J connectivity index is 2.32. The van der Waals surface area contributed by atoms with E-state index in [1.165, 1.54) is 21.6 Å². The third-order valence-electron chi connectivity index (χ3n) is 4.20. The zero-order chi connectivity index (χ0) is 14.4. The van der Waals surface area contributed by atoms with Crippen LogP contribution < -0.4 is 10.4 Å². The predicted octanol–water partition coefficient (Wildman–Crippen LogP) is 3.74. The molecule has 1 aromatic rings. The van der Waals surface area contributed by atoms with Gasteiger partial charge in [-0.15, -0.1) is 0 Å². The average molecular weight is 262 g/mol. The molecule has 20 heavy (non-hydrogen) atoms. The summed E-state index contributed by atoms with van der Waals surface area (Å²) in [5, 5.41) is 2.63. The van der Waals surface area contributed by atoms with Crippen molar-refractivity contribution in [2.24, 2.45) is 10.8 Å². The molecule has 0 amide bonds. The fourth-order valence-electron chi connectivity index (χ4n) is 2.96. The summed E-state index contributed by atoms with van der Waals surface area (Å²) in [6.45, 7) is 9.09. The van der Waals surface area contributed by atoms with Gasteiger partial charge in [-0.3, -0.25) is 0 Å². The first-order chi connectivity index (χ1) is 9.37. The fraction of sp³-hybridized carbons (Fsp3) is 0.300. The highest BCUT2D eigenvalue weighted by Crippen LogP contribution is 2.37. The molecular weight excluding hydrogens is 240 g/mol. The lowest BCUT2D eigenvalue weighted by Gasteiger charge is -2.23. The molecule has 0 saturated heterocycles. The largest absolute Gasteiger partial charge is 0.0748 e. The second-order valence-electron chi connectivity index (χ2n) is 7.00. The second kappa shape index (κ2) is 4.34. The third kappa shape index (κ3) is 2.31. The Morgan fingerprint density at radius 1 is 0.800 bits per heavy atom. The van der Waals surface area contributed by atoms with E-state index in [0.29, 0.717) is 0 Å². The van der Waals surface area contributed by atoms with Crippen molar-refractivity contribution in [3.63, 3.8) is 0 Å². The molecule has 0 aliphatic heterocycles. The number of hydrogen-bond acceptors (Lipinski definition) is 0. The van der Waals surface area contributed by atoms with Crippen molar-refractivity contribution in [3.05, 3.63) is 70.2 Å². The fourth-order valence-corrected chi connectivity index (χ4v) is 2.96. The van der Waals surface area contributed by atoms with Gasteiger partial charge < -0.3 is 0 Å². The van der Waals surface area contributed by atoms with Crippen LogP contribution in [0.25, 0.3) is 12.2 Å². The van der Waals surface area contributed by atoms with E-state index < -0.39 is 0 Å². The van der Waals surface area contributed by atoms with Crippen molar-refractivity contribution >= 4 is 12.2 Å². The first-order valence-electron chi connectivity index (χ1n) is 7.30. The van der Waals surface area contributed by atoms with E-state index in [1.54, 1.807) is 0 Å². The predicted molar refractivity (Wildman–Crippen MR) is 87.5 cm³/mol. The van der Waals surface area contributed by atoms with Gasteiger partial charge >= 0.3 is 0 Å². The number of benzene rings is 1. The van der Waals surface area contributed by atoms with Crippen LogP contribution in [0, 0.1) is 10.8 Å². The van der Waals surface area contributed by atoms with Gasteiger partial charge in [-0.05, 0) is 27.7 Å². The van der Waals surface area contributed by atoms with E-state index >= 15 is 0 Å². The molecular formula is C20H22. The van der Waals surface area contributed by atoms with Crippen molar-refractivity contribution in [1.29, 1.82) is 0 Å². The molecule has 0 unspecified atom stereocenters. The minimum atomic E-state index is 0.0414. The Bertz CT molecular complexity index is 749. The van der Waals surface area contributed by atoms with Gasteiger partial charge in [0.2, 0.25) is 0 Å². The van der Waals surface area contributed by atoms with Gasteiger partial charge in [-0.2, -0.15) is 0 Å². The molecule has 0 bridgehead atoms. The number of hydrogen-bond donors (Lipinski definition) is 0. The van der Waals surface area contributed by atoms with Gasteiger partial charge in [0.25, 0.3) is 0 Å². The highest BCUT2D eigenvalue weighted by Gasteiger charge is 2.24. The van der Waals surface area contributed by atoms with Gasteiger partial charge in [0.05, 0.1) is 0 Å². The van der Waals surface area contributed by atoms with Crippen LogP contribution >= 0.6 is 0 Å². The highest BCUT2D eigenvalue weighted by molar-refractivity contribution is 5.65. The molecule has 1 aromatic carbocycles. The first kappa shape index (κ1) is 13.2. The molecule has 0 spiro atoms. The summed E-state index contributed by atoms with van der Waals surface area (Å²) < 4.78 is 0. The maximum absolute atomic E-state index is 2.39. The van der Waals surface area contributed by atoms with E-state index in [-0.39, 0.29) is 10.8 Å². The molecule has 102 valence electrons. The number of rotatable bonds is 0. The summed E-state index contributed by atoms with van der Waals surface area (Å²) in [7, 11) is 0. The maximum atomic E-state index is 2.39. The zero-order valence-corrected chi connectivity index (χ0v) is 12.8. The van der Waals surface area contributed by atoms with Gasteiger partial charge in [-0.1, -0.05) is 82.3 Å². The SMILES string of the molecule is CC1(C)C=CC2=C(C=C1)C(C)(C)C=c1ccccc1=C2. The average Bonchev–Trinajstić information content (AvgIpc) is 2.57. The summed E-state index contributed by atoms with van der Waals surface area (Å²) in [6.07, 6.45) is 13.9. The standard InChI is InChI=1S/C20H22/c1-19(2)11-9-16-13-15-7-5-6-8-17(15)14-20(3,4)18(16)10-12-19/h5-14H,1-4H3. The molecule has 2 aliphatic carbocycles. The summed E-state index contributed by atoms with van der Waals surface area (Å²) in [6, 6.07) is 8.63. The topological polar surface area (TPSA) is 0 Å². The number of fused-ring (bicyclic) bond motifs is 1. The lowest BCUT2D eigenvalue weighted by Crippen LogP contribution is -2.25. The van der Waals surface area contributed by atoms with E-state index in [0.717, 1.165) is 0 Å². The van der Waals surface area contributed by atoms with Crippen molar-refractivity contribution in [2.75, 3.05) is 0 Å². The molecule has 0 heterocycles. The molecule has 0 aromatic heterocycles. The molecule has 2 aliphatic rings. The van der Waals surface area contributed by atoms with Crippen LogP contribution in [0.15, 0.2) is 59.7 Å². The molecule has 3 rings (SSSR count). The Labute approximate surface area is 121 Å².